The molecule has 102 valence electrons. The Hall–Kier alpha value is -1.26. The van der Waals surface area contributed by atoms with Gasteiger partial charge in [-0.25, -0.2) is 0 Å². The first-order valence-electron chi connectivity index (χ1n) is 6.02. The van der Waals surface area contributed by atoms with Gasteiger partial charge in [-0.05, 0) is 44.0 Å². The molecule has 2 rings (SSSR count). The molecule has 0 saturated carbocycles. The average Bonchev–Trinajstić information content (AvgIpc) is 2.79. The van der Waals surface area contributed by atoms with Gasteiger partial charge in [-0.2, -0.15) is 0 Å². The van der Waals surface area contributed by atoms with Gasteiger partial charge >= 0.3 is 0 Å². The third-order valence-corrected chi connectivity index (χ3v) is 4.08. The van der Waals surface area contributed by atoms with Crippen LogP contribution < -0.4 is 4.74 Å². The van der Waals surface area contributed by atoms with Crippen LogP contribution in [0.3, 0.4) is 0 Å². The molecule has 0 saturated heterocycles. The number of aliphatic hydroxyl groups excluding tert-OH is 1. The van der Waals surface area contributed by atoms with Crippen LogP contribution in [0.5, 0.6) is 5.75 Å². The molecule has 19 heavy (non-hydrogen) atoms. The van der Waals surface area contributed by atoms with Crippen LogP contribution in [0.4, 0.5) is 0 Å². The van der Waals surface area contributed by atoms with Crippen molar-refractivity contribution < 1.29 is 14.3 Å². The molecule has 0 bridgehead atoms. The number of methoxy groups -OCH3 is 1. The van der Waals surface area contributed by atoms with Gasteiger partial charge < -0.3 is 14.3 Å². The number of benzene rings is 1. The lowest BCUT2D eigenvalue weighted by Crippen LogP contribution is -2.06. The second kappa shape index (κ2) is 5.39. The quantitative estimate of drug-likeness (QED) is 0.925. The number of ether oxygens (including phenoxy) is 1. The minimum Gasteiger partial charge on any atom is -0.496 e. The molecule has 0 fully saturated rings. The maximum absolute atomic E-state index is 10.6. The van der Waals surface area contributed by atoms with Crippen molar-refractivity contribution in [1.82, 2.24) is 0 Å². The maximum Gasteiger partial charge on any atom is 0.128 e. The summed E-state index contributed by atoms with van der Waals surface area (Å²) in [6.07, 6.45) is 0.818. The van der Waals surface area contributed by atoms with Gasteiger partial charge in [0.15, 0.2) is 0 Å². The number of aliphatic hydroxyl groups is 1. The van der Waals surface area contributed by atoms with Crippen molar-refractivity contribution in [3.8, 4) is 5.75 Å². The van der Waals surface area contributed by atoms with E-state index in [0.29, 0.717) is 5.75 Å². The minimum atomic E-state index is -0.761. The summed E-state index contributed by atoms with van der Waals surface area (Å²) < 4.78 is 11.7. The van der Waals surface area contributed by atoms with E-state index in [1.807, 2.05) is 32.9 Å². The van der Waals surface area contributed by atoms with E-state index in [2.05, 4.69) is 15.9 Å². The van der Waals surface area contributed by atoms with Crippen molar-refractivity contribution in [3.05, 3.63) is 50.9 Å². The normalized spacial score (nSPS) is 12.5. The molecule has 1 unspecified atom stereocenters. The van der Waals surface area contributed by atoms with E-state index >= 15 is 0 Å². The smallest absolute Gasteiger partial charge is 0.128 e. The zero-order valence-corrected chi connectivity index (χ0v) is 13.0. The van der Waals surface area contributed by atoms with Gasteiger partial charge in [0.2, 0.25) is 0 Å². The molecule has 0 aliphatic rings. The molecule has 1 N–H and O–H groups in total. The molecule has 1 atom stereocenters. The molecular weight excluding hydrogens is 308 g/mol. The van der Waals surface area contributed by atoms with Gasteiger partial charge in [0.1, 0.15) is 17.6 Å². The summed E-state index contributed by atoms with van der Waals surface area (Å²) in [5, 5.41) is 10.6. The lowest BCUT2D eigenvalue weighted by molar-refractivity contribution is 0.212. The molecule has 4 heteroatoms. The van der Waals surface area contributed by atoms with Crippen LogP contribution in [0.1, 0.15) is 34.1 Å². The largest absolute Gasteiger partial charge is 0.496 e. The van der Waals surface area contributed by atoms with E-state index in [1.165, 1.54) is 0 Å². The summed E-state index contributed by atoms with van der Waals surface area (Å²) in [6, 6.07) is 3.82. The van der Waals surface area contributed by atoms with Crippen molar-refractivity contribution >= 4 is 15.9 Å². The Labute approximate surface area is 121 Å². The van der Waals surface area contributed by atoms with Crippen LogP contribution in [0, 0.1) is 20.8 Å². The van der Waals surface area contributed by atoms with Crippen LogP contribution in [0.25, 0.3) is 0 Å². The van der Waals surface area contributed by atoms with E-state index < -0.39 is 6.10 Å². The van der Waals surface area contributed by atoms with Gasteiger partial charge in [0.25, 0.3) is 0 Å². The van der Waals surface area contributed by atoms with Crippen LogP contribution in [-0.4, -0.2) is 12.2 Å². The topological polar surface area (TPSA) is 42.6 Å². The Morgan fingerprint density at radius 1 is 1.26 bits per heavy atom. The van der Waals surface area contributed by atoms with E-state index in [4.69, 9.17) is 9.15 Å². The third kappa shape index (κ3) is 2.55. The molecular formula is C15H17BrO3. The summed E-state index contributed by atoms with van der Waals surface area (Å²) in [4.78, 5) is 0. The maximum atomic E-state index is 10.6. The predicted molar refractivity (Wildman–Crippen MR) is 77.7 cm³/mol. The monoisotopic (exact) mass is 324 g/mol. The second-order valence-electron chi connectivity index (χ2n) is 4.64. The fourth-order valence-corrected chi connectivity index (χ4v) is 2.81. The number of furan rings is 1. The molecule has 0 aliphatic heterocycles. The van der Waals surface area contributed by atoms with Crippen LogP contribution >= 0.6 is 15.9 Å². The van der Waals surface area contributed by atoms with Gasteiger partial charge in [-0.15, -0.1) is 0 Å². The Kier molecular flexibility index (Phi) is 4.02. The van der Waals surface area contributed by atoms with Crippen molar-refractivity contribution in [3.63, 3.8) is 0 Å². The van der Waals surface area contributed by atoms with Crippen molar-refractivity contribution in [1.29, 1.82) is 0 Å². The number of hydrogen-bond donors (Lipinski definition) is 1. The van der Waals surface area contributed by atoms with Gasteiger partial charge in [0, 0.05) is 15.6 Å². The molecule has 0 amide bonds. The number of aryl methyl sites for hydroxylation is 2. The van der Waals surface area contributed by atoms with Crippen molar-refractivity contribution in [2.24, 2.45) is 0 Å². The summed E-state index contributed by atoms with van der Waals surface area (Å²) in [6.45, 7) is 5.77. The zero-order valence-electron chi connectivity index (χ0n) is 11.5. The first-order chi connectivity index (χ1) is 8.95. The Balaban J connectivity index is 2.60. The van der Waals surface area contributed by atoms with E-state index in [0.717, 1.165) is 32.5 Å². The highest BCUT2D eigenvalue weighted by Gasteiger charge is 2.22. The summed E-state index contributed by atoms with van der Waals surface area (Å²) in [5.41, 5.74) is 3.45. The fourth-order valence-electron chi connectivity index (χ4n) is 2.25. The number of hydrogen-bond acceptors (Lipinski definition) is 3. The first kappa shape index (κ1) is 14.2. The zero-order chi connectivity index (χ0) is 14.2. The highest BCUT2D eigenvalue weighted by Crippen LogP contribution is 2.39. The van der Waals surface area contributed by atoms with Gasteiger partial charge in [-0.3, -0.25) is 0 Å². The molecule has 3 nitrogen and oxygen atoms in total. The highest BCUT2D eigenvalue weighted by atomic mass is 79.9. The van der Waals surface area contributed by atoms with Crippen LogP contribution in [0.15, 0.2) is 27.3 Å². The molecule has 2 aromatic rings. The van der Waals surface area contributed by atoms with Crippen LogP contribution in [-0.2, 0) is 0 Å². The van der Waals surface area contributed by atoms with E-state index in [1.54, 1.807) is 13.4 Å². The standard InChI is InChI=1S/C15H17BrO3/c1-8-5-12(16)10(3)13(15(8)18-4)14(17)11-6-9(2)19-7-11/h5-7,14,17H,1-4H3. The van der Waals surface area contributed by atoms with E-state index in [9.17, 15) is 5.11 Å². The lowest BCUT2D eigenvalue weighted by Gasteiger charge is -2.19. The average molecular weight is 325 g/mol. The fraction of sp³-hybridized carbons (Fsp3) is 0.333. The second-order valence-corrected chi connectivity index (χ2v) is 5.49. The Morgan fingerprint density at radius 3 is 2.47 bits per heavy atom. The third-order valence-electron chi connectivity index (χ3n) is 3.25. The van der Waals surface area contributed by atoms with Crippen molar-refractivity contribution in [2.75, 3.05) is 7.11 Å². The minimum absolute atomic E-state index is 0.715. The molecule has 1 aromatic heterocycles. The molecule has 0 aliphatic carbocycles. The van der Waals surface area contributed by atoms with Crippen LogP contribution in [0.2, 0.25) is 0 Å². The summed E-state index contributed by atoms with van der Waals surface area (Å²) >= 11 is 3.52. The molecule has 1 aromatic carbocycles. The SMILES string of the molecule is COc1c(C)cc(Br)c(C)c1C(O)c1coc(C)c1. The Morgan fingerprint density at radius 2 is 1.95 bits per heavy atom. The molecule has 0 radical (unpaired) electrons. The molecule has 0 spiro atoms. The summed E-state index contributed by atoms with van der Waals surface area (Å²) in [7, 11) is 1.62. The highest BCUT2D eigenvalue weighted by molar-refractivity contribution is 9.10. The first-order valence-corrected chi connectivity index (χ1v) is 6.81. The molecule has 1 heterocycles. The predicted octanol–water partition coefficient (Wildman–Crippen LogP) is 4.06. The van der Waals surface area contributed by atoms with Gasteiger partial charge in [-0.1, -0.05) is 15.9 Å². The number of rotatable bonds is 3. The summed E-state index contributed by atoms with van der Waals surface area (Å²) in [5.74, 6) is 1.49. The van der Waals surface area contributed by atoms with Gasteiger partial charge in [0.05, 0.1) is 13.4 Å². The lowest BCUT2D eigenvalue weighted by atomic mass is 9.95. The number of halogens is 1. The Bertz CT molecular complexity index is 602. The van der Waals surface area contributed by atoms with Crippen molar-refractivity contribution in [2.45, 2.75) is 26.9 Å². The van der Waals surface area contributed by atoms with E-state index in [-0.39, 0.29) is 0 Å².